The summed E-state index contributed by atoms with van der Waals surface area (Å²) in [6.07, 6.45) is 1.12. The molecule has 0 fully saturated rings. The highest BCUT2D eigenvalue weighted by Gasteiger charge is 2.04. The number of nitrogens with one attached hydrogen (secondary N) is 2. The van der Waals surface area contributed by atoms with Gasteiger partial charge in [-0.3, -0.25) is 4.79 Å². The summed E-state index contributed by atoms with van der Waals surface area (Å²) in [4.78, 5) is 11.9. The number of anilines is 1. The fraction of sp³-hybridized carbons (Fsp3) is 0.278. The minimum atomic E-state index is -0.0106. The molecular formula is C18H20Cl2N2O2. The van der Waals surface area contributed by atoms with Crippen LogP contribution in [0, 0.1) is 0 Å². The van der Waals surface area contributed by atoms with Crippen molar-refractivity contribution in [2.45, 2.75) is 12.8 Å². The van der Waals surface area contributed by atoms with Gasteiger partial charge in [0, 0.05) is 24.5 Å². The van der Waals surface area contributed by atoms with Crippen molar-refractivity contribution in [3.05, 3.63) is 58.1 Å². The average molecular weight is 367 g/mol. The lowest BCUT2D eigenvalue weighted by molar-refractivity contribution is -0.120. The van der Waals surface area contributed by atoms with Crippen LogP contribution in [0.2, 0.25) is 10.0 Å². The van der Waals surface area contributed by atoms with Gasteiger partial charge >= 0.3 is 0 Å². The lowest BCUT2D eigenvalue weighted by atomic mass is 10.1. The van der Waals surface area contributed by atoms with Gasteiger partial charge in [-0.2, -0.15) is 0 Å². The van der Waals surface area contributed by atoms with Gasteiger partial charge in [-0.15, -0.1) is 0 Å². The molecule has 0 aromatic heterocycles. The lowest BCUT2D eigenvalue weighted by Crippen LogP contribution is -2.27. The van der Waals surface area contributed by atoms with E-state index >= 15 is 0 Å². The summed E-state index contributed by atoms with van der Waals surface area (Å²) in [7, 11) is 1.64. The summed E-state index contributed by atoms with van der Waals surface area (Å²) in [5, 5.41) is 7.20. The van der Waals surface area contributed by atoms with Gasteiger partial charge in [-0.1, -0.05) is 35.3 Å². The van der Waals surface area contributed by atoms with E-state index in [0.29, 0.717) is 29.6 Å². The summed E-state index contributed by atoms with van der Waals surface area (Å²) in [5.74, 6) is 0.810. The second kappa shape index (κ2) is 9.40. The number of amides is 1. The van der Waals surface area contributed by atoms with Crippen molar-refractivity contribution in [3.8, 4) is 5.75 Å². The molecule has 0 aliphatic heterocycles. The summed E-state index contributed by atoms with van der Waals surface area (Å²) in [5.41, 5.74) is 1.85. The number of methoxy groups -OCH3 is 1. The van der Waals surface area contributed by atoms with E-state index in [2.05, 4.69) is 10.6 Å². The van der Waals surface area contributed by atoms with Gasteiger partial charge in [-0.25, -0.2) is 0 Å². The number of carbonyl (C=O) groups is 1. The molecular weight excluding hydrogens is 347 g/mol. The summed E-state index contributed by atoms with van der Waals surface area (Å²) in [6.45, 7) is 1.08. The zero-order valence-corrected chi connectivity index (χ0v) is 15.0. The predicted molar refractivity (Wildman–Crippen MR) is 99.3 cm³/mol. The third kappa shape index (κ3) is 5.95. The molecule has 128 valence electrons. The maximum Gasteiger partial charge on any atom is 0.221 e. The predicted octanol–water partition coefficient (Wildman–Crippen LogP) is 4.16. The monoisotopic (exact) mass is 366 g/mol. The number of carbonyl (C=O) groups excluding carboxylic acids is 1. The number of halogens is 2. The van der Waals surface area contributed by atoms with Crippen molar-refractivity contribution in [2.75, 3.05) is 25.5 Å². The van der Waals surface area contributed by atoms with E-state index < -0.39 is 0 Å². The van der Waals surface area contributed by atoms with E-state index in [-0.39, 0.29) is 5.91 Å². The Labute approximate surface area is 152 Å². The fourth-order valence-electron chi connectivity index (χ4n) is 2.21. The van der Waals surface area contributed by atoms with E-state index in [4.69, 9.17) is 27.9 Å². The van der Waals surface area contributed by atoms with Crippen molar-refractivity contribution < 1.29 is 9.53 Å². The Morgan fingerprint density at radius 3 is 2.75 bits per heavy atom. The SMILES string of the molecule is COc1cccc(CCNC(=O)CCNc2cc(Cl)ccc2Cl)c1. The maximum atomic E-state index is 11.9. The zero-order chi connectivity index (χ0) is 17.4. The van der Waals surface area contributed by atoms with Crippen molar-refractivity contribution in [1.82, 2.24) is 5.32 Å². The third-order valence-electron chi connectivity index (χ3n) is 3.47. The molecule has 2 aromatic rings. The van der Waals surface area contributed by atoms with E-state index in [1.54, 1.807) is 25.3 Å². The number of ether oxygens (including phenoxy) is 1. The molecule has 2 rings (SSSR count). The van der Waals surface area contributed by atoms with Crippen LogP contribution in [0.1, 0.15) is 12.0 Å². The quantitative estimate of drug-likeness (QED) is 0.737. The maximum absolute atomic E-state index is 11.9. The number of rotatable bonds is 8. The topological polar surface area (TPSA) is 50.4 Å². The van der Waals surface area contributed by atoms with E-state index in [1.807, 2.05) is 24.3 Å². The molecule has 24 heavy (non-hydrogen) atoms. The Morgan fingerprint density at radius 2 is 1.96 bits per heavy atom. The van der Waals surface area contributed by atoms with Crippen molar-refractivity contribution >= 4 is 34.8 Å². The fourth-order valence-corrected chi connectivity index (χ4v) is 2.56. The van der Waals surface area contributed by atoms with Gasteiger partial charge in [0.25, 0.3) is 0 Å². The Kier molecular flexibility index (Phi) is 7.22. The molecule has 0 aliphatic rings. The van der Waals surface area contributed by atoms with Crippen molar-refractivity contribution in [1.29, 1.82) is 0 Å². The number of hydrogen-bond donors (Lipinski definition) is 2. The van der Waals surface area contributed by atoms with Gasteiger partial charge in [0.1, 0.15) is 5.75 Å². The Hall–Kier alpha value is -1.91. The van der Waals surface area contributed by atoms with E-state index in [9.17, 15) is 4.79 Å². The van der Waals surface area contributed by atoms with Gasteiger partial charge in [0.2, 0.25) is 5.91 Å². The molecule has 0 unspecified atom stereocenters. The summed E-state index contributed by atoms with van der Waals surface area (Å²) < 4.78 is 5.18. The second-order valence-corrected chi connectivity index (χ2v) is 6.10. The minimum absolute atomic E-state index is 0.0106. The minimum Gasteiger partial charge on any atom is -0.497 e. The normalized spacial score (nSPS) is 10.3. The first-order valence-corrected chi connectivity index (χ1v) is 8.42. The molecule has 0 saturated heterocycles. The average Bonchev–Trinajstić information content (AvgIpc) is 2.58. The largest absolute Gasteiger partial charge is 0.497 e. The first-order valence-electron chi connectivity index (χ1n) is 7.67. The molecule has 6 heteroatoms. The van der Waals surface area contributed by atoms with Crippen LogP contribution in [0.3, 0.4) is 0 Å². The Bertz CT molecular complexity index is 692. The molecule has 0 aliphatic carbocycles. The molecule has 0 bridgehead atoms. The highest BCUT2D eigenvalue weighted by Crippen LogP contribution is 2.25. The lowest BCUT2D eigenvalue weighted by Gasteiger charge is -2.09. The Balaban J connectivity index is 1.69. The third-order valence-corrected chi connectivity index (χ3v) is 4.03. The molecule has 4 nitrogen and oxygen atoms in total. The van der Waals surface area contributed by atoms with Gasteiger partial charge in [0.05, 0.1) is 17.8 Å². The van der Waals surface area contributed by atoms with E-state index in [1.165, 1.54) is 0 Å². The number of hydrogen-bond acceptors (Lipinski definition) is 3. The first kappa shape index (κ1) is 18.4. The second-order valence-electron chi connectivity index (χ2n) is 5.25. The van der Waals surface area contributed by atoms with Gasteiger partial charge < -0.3 is 15.4 Å². The highest BCUT2D eigenvalue weighted by molar-refractivity contribution is 6.35. The molecule has 0 saturated carbocycles. The molecule has 1 amide bonds. The van der Waals surface area contributed by atoms with Crippen LogP contribution >= 0.6 is 23.2 Å². The molecule has 0 atom stereocenters. The van der Waals surface area contributed by atoms with Crippen molar-refractivity contribution in [2.24, 2.45) is 0 Å². The van der Waals surface area contributed by atoms with Crippen molar-refractivity contribution in [3.63, 3.8) is 0 Å². The standard InChI is InChI=1S/C18H20Cl2N2O2/c1-24-15-4-2-3-13(11-15)7-9-22-18(23)8-10-21-17-12-14(19)5-6-16(17)20/h2-6,11-12,21H,7-10H2,1H3,(H,22,23). The molecule has 2 N–H and O–H groups in total. The zero-order valence-electron chi connectivity index (χ0n) is 13.4. The van der Waals surface area contributed by atoms with Crippen LogP contribution in [0.4, 0.5) is 5.69 Å². The number of benzene rings is 2. The van der Waals surface area contributed by atoms with Crippen LogP contribution in [-0.4, -0.2) is 26.1 Å². The highest BCUT2D eigenvalue weighted by atomic mass is 35.5. The summed E-state index contributed by atoms with van der Waals surface area (Å²) in [6, 6.07) is 13.0. The smallest absolute Gasteiger partial charge is 0.221 e. The van der Waals surface area contributed by atoms with Gasteiger partial charge in [-0.05, 0) is 42.3 Å². The van der Waals surface area contributed by atoms with Crippen LogP contribution < -0.4 is 15.4 Å². The molecule has 0 heterocycles. The first-order chi connectivity index (χ1) is 11.6. The van der Waals surface area contributed by atoms with Gasteiger partial charge in [0.15, 0.2) is 0 Å². The summed E-state index contributed by atoms with van der Waals surface area (Å²) >= 11 is 12.0. The molecule has 0 radical (unpaired) electrons. The van der Waals surface area contributed by atoms with Crippen LogP contribution in [-0.2, 0) is 11.2 Å². The molecule has 2 aromatic carbocycles. The van der Waals surface area contributed by atoms with Crippen LogP contribution in [0.15, 0.2) is 42.5 Å². The van der Waals surface area contributed by atoms with Crippen LogP contribution in [0.5, 0.6) is 5.75 Å². The Morgan fingerprint density at radius 1 is 1.12 bits per heavy atom. The van der Waals surface area contributed by atoms with Crippen LogP contribution in [0.25, 0.3) is 0 Å². The molecule has 0 spiro atoms. The van der Waals surface area contributed by atoms with E-state index in [0.717, 1.165) is 23.4 Å².